The Morgan fingerprint density at radius 1 is 1.16 bits per heavy atom. The molecule has 38 heavy (non-hydrogen) atoms. The van der Waals surface area contributed by atoms with Crippen LogP contribution in [0.5, 0.6) is 0 Å². The molecule has 1 atom stereocenters. The van der Waals surface area contributed by atoms with E-state index in [4.69, 9.17) is 0 Å². The van der Waals surface area contributed by atoms with Gasteiger partial charge in [-0.2, -0.15) is 0 Å². The molecule has 3 nitrogen and oxygen atoms in total. The van der Waals surface area contributed by atoms with Gasteiger partial charge in [-0.1, -0.05) is 90.0 Å². The molecular weight excluding hydrogens is 464 g/mol. The van der Waals surface area contributed by atoms with Crippen LogP contribution < -0.4 is 5.32 Å². The molecular formula is C35H54N2O. The molecule has 1 aliphatic rings. The number of allylic oxidation sites excluding steroid dienone is 7. The Kier molecular flexibility index (Phi) is 12.8. The second-order valence-corrected chi connectivity index (χ2v) is 11.6. The van der Waals surface area contributed by atoms with Crippen LogP contribution in [0.3, 0.4) is 0 Å². The lowest BCUT2D eigenvalue weighted by molar-refractivity contribution is -0.131. The van der Waals surface area contributed by atoms with E-state index in [9.17, 15) is 4.79 Å². The van der Waals surface area contributed by atoms with Crippen molar-refractivity contribution in [3.8, 4) is 0 Å². The van der Waals surface area contributed by atoms with Crippen molar-refractivity contribution >= 4 is 11.5 Å². The van der Waals surface area contributed by atoms with Crippen molar-refractivity contribution < 1.29 is 4.79 Å². The van der Waals surface area contributed by atoms with Gasteiger partial charge in [-0.05, 0) is 104 Å². The number of aryl methyl sites for hydroxylation is 1. The smallest absolute Gasteiger partial charge is 0.236 e. The van der Waals surface area contributed by atoms with Gasteiger partial charge < -0.3 is 10.2 Å². The molecule has 1 aliphatic heterocycles. The molecule has 1 N–H and O–H groups in total. The number of hydrogen-bond donors (Lipinski definition) is 1. The number of carbonyl (C=O) groups is 1. The highest BCUT2D eigenvalue weighted by Gasteiger charge is 2.25. The third kappa shape index (κ3) is 8.30. The van der Waals surface area contributed by atoms with E-state index in [2.05, 4.69) is 97.6 Å². The van der Waals surface area contributed by atoms with Crippen LogP contribution in [0.4, 0.5) is 0 Å². The summed E-state index contributed by atoms with van der Waals surface area (Å²) in [7, 11) is 1.84. The maximum Gasteiger partial charge on any atom is 0.236 e. The van der Waals surface area contributed by atoms with Crippen molar-refractivity contribution in [2.45, 2.75) is 93.4 Å². The first-order valence-corrected chi connectivity index (χ1v) is 14.9. The second kappa shape index (κ2) is 15.3. The molecule has 1 unspecified atom stereocenters. The molecule has 3 heteroatoms. The van der Waals surface area contributed by atoms with Crippen LogP contribution in [-0.2, 0) is 4.79 Å². The number of likely N-dealkylation sites (N-methyl/N-ethyl adjacent to an activating group) is 1. The van der Waals surface area contributed by atoms with E-state index in [1.165, 1.54) is 39.0 Å². The summed E-state index contributed by atoms with van der Waals surface area (Å²) in [6.45, 7) is 24.6. The quantitative estimate of drug-likeness (QED) is 0.281. The number of benzene rings is 1. The summed E-state index contributed by atoms with van der Waals surface area (Å²) in [6.07, 6.45) is 10.1. The molecule has 1 heterocycles. The minimum Gasteiger partial charge on any atom is -0.342 e. The van der Waals surface area contributed by atoms with Crippen molar-refractivity contribution in [2.75, 3.05) is 26.7 Å². The maximum atomic E-state index is 12.4. The van der Waals surface area contributed by atoms with Crippen molar-refractivity contribution in [1.29, 1.82) is 0 Å². The van der Waals surface area contributed by atoms with E-state index in [1.807, 2.05) is 11.9 Å². The first kappa shape index (κ1) is 31.8. The van der Waals surface area contributed by atoms with E-state index < -0.39 is 0 Å². The summed E-state index contributed by atoms with van der Waals surface area (Å²) < 4.78 is 0. The zero-order valence-electron chi connectivity index (χ0n) is 25.8. The highest BCUT2D eigenvalue weighted by molar-refractivity contribution is 5.79. The largest absolute Gasteiger partial charge is 0.342 e. The maximum absolute atomic E-state index is 12.4. The molecule has 2 rings (SSSR count). The molecule has 210 valence electrons. The van der Waals surface area contributed by atoms with Crippen LogP contribution >= 0.6 is 0 Å². The predicted octanol–water partition coefficient (Wildman–Crippen LogP) is 8.63. The van der Waals surface area contributed by atoms with Gasteiger partial charge in [0.1, 0.15) is 0 Å². The lowest BCUT2D eigenvalue weighted by atomic mass is 9.79. The number of nitrogens with zero attached hydrogens (tertiary/aromatic N) is 1. The first-order chi connectivity index (χ1) is 18.0. The van der Waals surface area contributed by atoms with Crippen LogP contribution in [0, 0.1) is 18.8 Å². The van der Waals surface area contributed by atoms with E-state index in [-0.39, 0.29) is 5.91 Å². The number of piperidine rings is 1. The molecule has 0 bridgehead atoms. The molecule has 0 aliphatic carbocycles. The average Bonchev–Trinajstić information content (AvgIpc) is 2.89. The fourth-order valence-corrected chi connectivity index (χ4v) is 5.47. The lowest BCUT2D eigenvalue weighted by Gasteiger charge is -2.33. The number of likely N-dealkylation sites (tertiary alicyclic amines) is 1. The average molecular weight is 519 g/mol. The standard InChI is InChI=1S/C35H54N2O/c1-11-13-32(31(28(9)24(3)4)17-14-26(7)12-2)35(25(5)6)33-22-30(16-15-27(33)8)29-18-20-37(21-19-29)34(38)23-36-10/h14-17,22,25-26,29,36H,3,11-13,18-21,23H2,1-2,4-10H3/b17-14-,31-28+,35-32+. The third-order valence-electron chi connectivity index (χ3n) is 8.21. The van der Waals surface area contributed by atoms with E-state index in [0.717, 1.165) is 50.8 Å². The summed E-state index contributed by atoms with van der Waals surface area (Å²) in [5.41, 5.74) is 10.9. The molecule has 1 aromatic rings. The molecule has 0 saturated carbocycles. The molecule has 0 radical (unpaired) electrons. The minimum atomic E-state index is 0.211. The van der Waals surface area contributed by atoms with E-state index >= 15 is 0 Å². The number of rotatable bonds is 12. The first-order valence-electron chi connectivity index (χ1n) is 14.9. The zero-order chi connectivity index (χ0) is 28.4. The van der Waals surface area contributed by atoms with Gasteiger partial charge in [0.15, 0.2) is 0 Å². The fourth-order valence-electron chi connectivity index (χ4n) is 5.47. The summed E-state index contributed by atoms with van der Waals surface area (Å²) in [5.74, 6) is 1.65. The summed E-state index contributed by atoms with van der Waals surface area (Å²) in [6, 6.07) is 7.12. The highest BCUT2D eigenvalue weighted by atomic mass is 16.2. The molecule has 1 fully saturated rings. The van der Waals surface area contributed by atoms with Gasteiger partial charge in [0.2, 0.25) is 5.91 Å². The van der Waals surface area contributed by atoms with Gasteiger partial charge in [0.25, 0.3) is 0 Å². The SMILES string of the molecule is C=C(C)/C(C)=C(\C=C/C(C)CC)C(/CCC)=C(/c1cc(C2CCN(C(=O)CNC)CC2)ccc1C)C(C)C. The minimum absolute atomic E-state index is 0.211. The number of carbonyl (C=O) groups excluding carboxylic acids is 1. The Morgan fingerprint density at radius 2 is 1.82 bits per heavy atom. The Bertz CT molecular complexity index is 1050. The van der Waals surface area contributed by atoms with E-state index in [0.29, 0.717) is 24.3 Å². The van der Waals surface area contributed by atoms with Crippen LogP contribution in [0.15, 0.2) is 59.2 Å². The van der Waals surface area contributed by atoms with Gasteiger partial charge in [-0.3, -0.25) is 4.79 Å². The van der Waals surface area contributed by atoms with Crippen molar-refractivity contribution in [3.63, 3.8) is 0 Å². The van der Waals surface area contributed by atoms with Crippen molar-refractivity contribution in [1.82, 2.24) is 10.2 Å². The van der Waals surface area contributed by atoms with Gasteiger partial charge in [-0.15, -0.1) is 0 Å². The van der Waals surface area contributed by atoms with Gasteiger partial charge in [0, 0.05) is 13.1 Å². The van der Waals surface area contributed by atoms with Crippen LogP contribution in [-0.4, -0.2) is 37.5 Å². The fraction of sp³-hybridized carbons (Fsp3) is 0.571. The molecule has 1 amide bonds. The summed E-state index contributed by atoms with van der Waals surface area (Å²) >= 11 is 0. The van der Waals surface area contributed by atoms with Gasteiger partial charge >= 0.3 is 0 Å². The topological polar surface area (TPSA) is 32.3 Å². The van der Waals surface area contributed by atoms with Crippen molar-refractivity contribution in [3.05, 3.63) is 75.9 Å². The van der Waals surface area contributed by atoms with Gasteiger partial charge in [-0.25, -0.2) is 0 Å². The Labute approximate surface area is 234 Å². The normalized spacial score (nSPS) is 17.1. The highest BCUT2D eigenvalue weighted by Crippen LogP contribution is 2.39. The number of amides is 1. The van der Waals surface area contributed by atoms with Crippen molar-refractivity contribution in [2.24, 2.45) is 11.8 Å². The third-order valence-corrected chi connectivity index (χ3v) is 8.21. The van der Waals surface area contributed by atoms with E-state index in [1.54, 1.807) is 0 Å². The summed E-state index contributed by atoms with van der Waals surface area (Å²) in [5, 5.41) is 3.00. The number of hydrogen-bond acceptors (Lipinski definition) is 2. The Balaban J connectivity index is 2.62. The summed E-state index contributed by atoms with van der Waals surface area (Å²) in [4.78, 5) is 14.4. The second-order valence-electron chi connectivity index (χ2n) is 11.6. The zero-order valence-corrected chi connectivity index (χ0v) is 25.8. The van der Waals surface area contributed by atoms with Crippen LogP contribution in [0.2, 0.25) is 0 Å². The lowest BCUT2D eigenvalue weighted by Crippen LogP contribution is -2.41. The van der Waals surface area contributed by atoms with Crippen LogP contribution in [0.25, 0.3) is 5.57 Å². The predicted molar refractivity (Wildman–Crippen MR) is 166 cm³/mol. The molecule has 1 saturated heterocycles. The Morgan fingerprint density at radius 3 is 2.34 bits per heavy atom. The monoisotopic (exact) mass is 518 g/mol. The molecule has 0 spiro atoms. The molecule has 1 aromatic carbocycles. The molecule has 0 aromatic heterocycles. The van der Waals surface area contributed by atoms with Gasteiger partial charge in [0.05, 0.1) is 6.54 Å². The number of nitrogens with one attached hydrogen (secondary N) is 1. The Hall–Kier alpha value is -2.39. The van der Waals surface area contributed by atoms with Crippen LogP contribution in [0.1, 0.15) is 103 Å².